The lowest BCUT2D eigenvalue weighted by Gasteiger charge is -2.59. The molecule has 9 atom stereocenters. The first-order valence-corrected chi connectivity index (χ1v) is 15.6. The van der Waals surface area contributed by atoms with Gasteiger partial charge in [-0.15, -0.1) is 0 Å². The molecule has 1 heterocycles. The molecule has 5 aliphatic rings. The molecule has 3 N–H and O–H groups in total. The number of ether oxygens (including phenoxy) is 2. The van der Waals surface area contributed by atoms with Crippen molar-refractivity contribution in [1.29, 1.82) is 0 Å². The molecular weight excluding hydrogens is 579 g/mol. The van der Waals surface area contributed by atoms with Crippen molar-refractivity contribution in [2.45, 2.75) is 70.1 Å². The van der Waals surface area contributed by atoms with Crippen LogP contribution in [0.5, 0.6) is 0 Å². The first kappa shape index (κ1) is 30.2. The van der Waals surface area contributed by atoms with Gasteiger partial charge in [0.05, 0.1) is 17.8 Å². The topological polar surface area (TPSA) is 130 Å². The largest absolute Gasteiger partial charge is 0.478 e. The molecule has 4 fully saturated rings. The summed E-state index contributed by atoms with van der Waals surface area (Å²) in [5.41, 5.74) is -0.274. The number of aliphatic hydroxyl groups is 2. The van der Waals surface area contributed by atoms with Crippen LogP contribution in [-0.4, -0.2) is 57.3 Å². The lowest BCUT2D eigenvalue weighted by Crippen LogP contribution is -2.63. The smallest absolute Gasteiger partial charge is 0.335 e. The Morgan fingerprint density at radius 3 is 2.62 bits per heavy atom. The number of carboxylic acids is 1. The maximum atomic E-state index is 15.7. The number of carboxylic acid groups (broad SMARTS) is 1. The van der Waals surface area contributed by atoms with E-state index in [4.69, 9.17) is 9.47 Å². The van der Waals surface area contributed by atoms with E-state index in [0.717, 1.165) is 17.6 Å². The summed E-state index contributed by atoms with van der Waals surface area (Å²) < 4.78 is 28.6. The highest BCUT2D eigenvalue weighted by Gasteiger charge is 2.76. The van der Waals surface area contributed by atoms with E-state index in [0.29, 0.717) is 24.8 Å². The summed E-state index contributed by atoms with van der Waals surface area (Å²) in [6.07, 6.45) is 4.94. The van der Waals surface area contributed by atoms with Gasteiger partial charge in [0.25, 0.3) is 0 Å². The highest BCUT2D eigenvalue weighted by atomic mass is 19.1. The van der Waals surface area contributed by atoms with Gasteiger partial charge in [-0.1, -0.05) is 49.8 Å². The van der Waals surface area contributed by atoms with E-state index in [1.54, 1.807) is 42.5 Å². The predicted molar refractivity (Wildman–Crippen MR) is 160 cm³/mol. The molecule has 45 heavy (non-hydrogen) atoms. The summed E-state index contributed by atoms with van der Waals surface area (Å²) >= 11 is 0. The van der Waals surface area contributed by atoms with Crippen molar-refractivity contribution >= 4 is 17.5 Å². The van der Waals surface area contributed by atoms with Crippen LogP contribution in [0.15, 0.2) is 66.3 Å². The van der Waals surface area contributed by atoms with Crippen LogP contribution in [0.1, 0.15) is 72.9 Å². The number of halogens is 1. The maximum absolute atomic E-state index is 15.7. The molecule has 1 saturated heterocycles. The Bertz CT molecular complexity index is 1660. The number of hydrogen-bond acceptors (Lipinski definition) is 7. The maximum Gasteiger partial charge on any atom is 0.335 e. The van der Waals surface area contributed by atoms with Gasteiger partial charge in [-0.2, -0.15) is 0 Å². The number of aliphatic hydroxyl groups excluding tert-OH is 2. The molecule has 3 saturated carbocycles. The van der Waals surface area contributed by atoms with Gasteiger partial charge in [-0.05, 0) is 85.4 Å². The lowest BCUT2D eigenvalue weighted by molar-refractivity contribution is -0.201. The molecule has 2 aromatic rings. The minimum absolute atomic E-state index is 0.0222. The number of benzene rings is 2. The normalized spacial score (nSPS) is 38.2. The second kappa shape index (κ2) is 10.5. The van der Waals surface area contributed by atoms with E-state index in [1.807, 2.05) is 13.0 Å². The van der Waals surface area contributed by atoms with E-state index in [9.17, 15) is 29.7 Å². The van der Waals surface area contributed by atoms with Crippen LogP contribution in [0.25, 0.3) is 0 Å². The van der Waals surface area contributed by atoms with Gasteiger partial charge in [-0.25, -0.2) is 9.18 Å². The van der Waals surface area contributed by atoms with Gasteiger partial charge in [0.1, 0.15) is 12.4 Å². The average molecular weight is 617 g/mol. The van der Waals surface area contributed by atoms with Gasteiger partial charge in [0.2, 0.25) is 0 Å². The molecule has 0 amide bonds. The van der Waals surface area contributed by atoms with Crippen LogP contribution < -0.4 is 0 Å². The van der Waals surface area contributed by atoms with Gasteiger partial charge in [0.15, 0.2) is 23.5 Å². The number of ketones is 2. The molecule has 9 heteroatoms. The molecule has 1 aliphatic heterocycles. The lowest BCUT2D eigenvalue weighted by atomic mass is 9.46. The minimum atomic E-state index is -1.57. The molecule has 236 valence electrons. The molecular formula is C36H37FO8. The molecule has 0 bridgehead atoms. The van der Waals surface area contributed by atoms with Crippen molar-refractivity contribution in [3.63, 3.8) is 0 Å². The zero-order valence-corrected chi connectivity index (χ0v) is 25.2. The minimum Gasteiger partial charge on any atom is -0.478 e. The zero-order chi connectivity index (χ0) is 31.9. The molecule has 0 radical (unpaired) electrons. The second-order valence-electron chi connectivity index (χ2n) is 13.9. The van der Waals surface area contributed by atoms with Gasteiger partial charge in [0, 0.05) is 22.3 Å². The summed E-state index contributed by atoms with van der Waals surface area (Å²) in [5, 5.41) is 31.3. The van der Waals surface area contributed by atoms with E-state index >= 15 is 4.39 Å². The Hall–Kier alpha value is -3.50. The third-order valence-corrected chi connectivity index (χ3v) is 11.7. The van der Waals surface area contributed by atoms with E-state index < -0.39 is 59.1 Å². The SMILES string of the molecule is C[C@]12C=CC(=O)C=C1CC[C@@H]1[C@@H]2[C@@H](O)C[C@@]2(C)[C@H]1C[C@H]1O[C@H](c3ccc(Cc4cccc(C(=O)O)c4)cc3F)O[C@]12C(=O)CO. The summed E-state index contributed by atoms with van der Waals surface area (Å²) in [6.45, 7) is 3.24. The number of Topliss-reactive ketones (excluding diaryl/α,β-unsaturated/α-hetero) is 1. The van der Waals surface area contributed by atoms with Crippen molar-refractivity contribution < 1.29 is 43.6 Å². The fourth-order valence-corrected chi connectivity index (χ4v) is 9.75. The number of allylic oxidation sites excluding steroid dienone is 4. The van der Waals surface area contributed by atoms with Crippen LogP contribution >= 0.6 is 0 Å². The monoisotopic (exact) mass is 616 g/mol. The Morgan fingerprint density at radius 1 is 1.11 bits per heavy atom. The van der Waals surface area contributed by atoms with E-state index in [-0.39, 0.29) is 41.1 Å². The molecule has 7 rings (SSSR count). The van der Waals surface area contributed by atoms with Crippen LogP contribution in [0.4, 0.5) is 4.39 Å². The number of carbonyl (C=O) groups is 3. The Morgan fingerprint density at radius 2 is 1.89 bits per heavy atom. The van der Waals surface area contributed by atoms with Crippen molar-refractivity contribution in [2.75, 3.05) is 6.61 Å². The predicted octanol–water partition coefficient (Wildman–Crippen LogP) is 4.72. The highest BCUT2D eigenvalue weighted by molar-refractivity contribution is 6.01. The first-order chi connectivity index (χ1) is 21.4. The summed E-state index contributed by atoms with van der Waals surface area (Å²) in [6, 6.07) is 11.1. The third-order valence-electron chi connectivity index (χ3n) is 11.7. The first-order valence-electron chi connectivity index (χ1n) is 15.6. The van der Waals surface area contributed by atoms with E-state index in [2.05, 4.69) is 6.92 Å². The molecule has 0 spiro atoms. The number of carbonyl (C=O) groups excluding carboxylic acids is 2. The standard InChI is InChI=1S/C36H37FO8/c1-34-11-10-23(39)15-22(34)7-9-24-26-16-30-36(29(41)18-38,35(26,2)17-28(40)31(24)34)45-33(44-30)25-8-6-20(14-27(25)37)12-19-4-3-5-21(13-19)32(42)43/h3-6,8,10-11,13-15,24,26,28,30-31,33,38,40H,7,9,12,16-18H2,1-2H3,(H,42,43)/t24-,26-,28-,30+,31+,33-,34-,35-,36+/m0/s1. The molecule has 0 unspecified atom stereocenters. The summed E-state index contributed by atoms with van der Waals surface area (Å²) in [7, 11) is 0. The number of fused-ring (bicyclic) bond motifs is 7. The molecule has 4 aliphatic carbocycles. The van der Waals surface area contributed by atoms with Gasteiger partial charge in [-0.3, -0.25) is 9.59 Å². The number of rotatable bonds is 6. The van der Waals surface area contributed by atoms with Gasteiger partial charge < -0.3 is 24.8 Å². The van der Waals surface area contributed by atoms with Gasteiger partial charge >= 0.3 is 5.97 Å². The van der Waals surface area contributed by atoms with Crippen LogP contribution in [0.2, 0.25) is 0 Å². The van der Waals surface area contributed by atoms with Crippen molar-refractivity contribution in [2.24, 2.45) is 28.6 Å². The fraction of sp³-hybridized carbons (Fsp3) is 0.472. The molecule has 8 nitrogen and oxygen atoms in total. The Kier molecular flexibility index (Phi) is 7.05. The molecule has 0 aromatic heterocycles. The quantitative estimate of drug-likeness (QED) is 0.425. The average Bonchev–Trinajstić information content (AvgIpc) is 3.49. The fourth-order valence-electron chi connectivity index (χ4n) is 9.75. The second-order valence-corrected chi connectivity index (χ2v) is 13.9. The van der Waals surface area contributed by atoms with Crippen LogP contribution in [0, 0.1) is 34.4 Å². The summed E-state index contributed by atoms with van der Waals surface area (Å²) in [4.78, 5) is 37.2. The van der Waals surface area contributed by atoms with Crippen molar-refractivity contribution in [1.82, 2.24) is 0 Å². The number of hydrogen-bond donors (Lipinski definition) is 3. The third kappa shape index (κ3) is 4.35. The van der Waals surface area contributed by atoms with Crippen molar-refractivity contribution in [3.8, 4) is 0 Å². The number of aromatic carboxylic acids is 1. The summed E-state index contributed by atoms with van der Waals surface area (Å²) in [5.74, 6) is -2.39. The zero-order valence-electron chi connectivity index (χ0n) is 25.2. The van der Waals surface area contributed by atoms with Crippen molar-refractivity contribution in [3.05, 3.63) is 94.3 Å². The Balaban J connectivity index is 1.18. The van der Waals surface area contributed by atoms with E-state index in [1.165, 1.54) is 12.1 Å². The van der Waals surface area contributed by atoms with Crippen LogP contribution in [0.3, 0.4) is 0 Å². The Labute approximate surface area is 260 Å². The molecule has 2 aromatic carbocycles. The van der Waals surface area contributed by atoms with Crippen LogP contribution in [-0.2, 0) is 25.5 Å². The highest BCUT2D eigenvalue weighted by Crippen LogP contribution is 2.70.